The lowest BCUT2D eigenvalue weighted by Crippen LogP contribution is -2.31. The number of aromatic carboxylic acids is 2. The number of methoxy groups -OCH3 is 2. The lowest BCUT2D eigenvalue weighted by molar-refractivity contribution is 0.0682. The summed E-state index contributed by atoms with van der Waals surface area (Å²) in [5, 5.41) is 19.0. The van der Waals surface area contributed by atoms with Gasteiger partial charge in [-0.3, -0.25) is 0 Å². The minimum absolute atomic E-state index is 0.00143. The zero-order chi connectivity index (χ0) is 19.3. The van der Waals surface area contributed by atoms with Crippen molar-refractivity contribution in [3.8, 4) is 23.0 Å². The summed E-state index contributed by atoms with van der Waals surface area (Å²) >= 11 is 0. The molecule has 2 aliphatic heterocycles. The van der Waals surface area contributed by atoms with Crippen LogP contribution in [0.4, 0.5) is 0 Å². The van der Waals surface area contributed by atoms with Crippen molar-refractivity contribution in [1.29, 1.82) is 0 Å². The second kappa shape index (κ2) is 5.80. The number of benzene rings is 2. The molecule has 0 radical (unpaired) electrons. The van der Waals surface area contributed by atoms with Crippen LogP contribution in [0.5, 0.6) is 23.0 Å². The van der Waals surface area contributed by atoms with Crippen molar-refractivity contribution in [3.63, 3.8) is 0 Å². The van der Waals surface area contributed by atoms with Crippen LogP contribution < -0.4 is 18.9 Å². The number of rotatable bonds is 4. The third-order valence-electron chi connectivity index (χ3n) is 5.04. The van der Waals surface area contributed by atoms with Gasteiger partial charge in [-0.05, 0) is 12.1 Å². The molecule has 0 bridgehead atoms. The number of carboxylic acids is 2. The van der Waals surface area contributed by atoms with Crippen LogP contribution >= 0.6 is 0 Å². The second-order valence-corrected chi connectivity index (χ2v) is 6.37. The van der Waals surface area contributed by atoms with Crippen molar-refractivity contribution in [2.45, 2.75) is 5.41 Å². The van der Waals surface area contributed by atoms with Gasteiger partial charge >= 0.3 is 11.9 Å². The monoisotopic (exact) mass is 372 g/mol. The molecule has 0 amide bonds. The van der Waals surface area contributed by atoms with Crippen LogP contribution in [0.1, 0.15) is 31.8 Å². The van der Waals surface area contributed by atoms with Crippen LogP contribution in [0.15, 0.2) is 24.3 Å². The van der Waals surface area contributed by atoms with E-state index in [-0.39, 0.29) is 35.8 Å². The highest BCUT2D eigenvalue weighted by Gasteiger charge is 2.50. The van der Waals surface area contributed by atoms with Gasteiger partial charge in [0.15, 0.2) is 0 Å². The molecule has 0 saturated heterocycles. The first-order chi connectivity index (χ1) is 12.9. The van der Waals surface area contributed by atoms with E-state index in [1.54, 1.807) is 0 Å². The Kier molecular flexibility index (Phi) is 3.66. The average molecular weight is 372 g/mol. The highest BCUT2D eigenvalue weighted by Crippen LogP contribution is 2.53. The van der Waals surface area contributed by atoms with Crippen LogP contribution in [0, 0.1) is 0 Å². The summed E-state index contributed by atoms with van der Waals surface area (Å²) in [5.74, 6) is -0.896. The molecule has 0 aliphatic carbocycles. The fourth-order valence-electron chi connectivity index (χ4n) is 3.68. The highest BCUT2D eigenvalue weighted by atomic mass is 16.5. The van der Waals surface area contributed by atoms with Crippen molar-refractivity contribution >= 4 is 11.9 Å². The molecule has 8 nitrogen and oxygen atoms in total. The Morgan fingerprint density at radius 2 is 1.26 bits per heavy atom. The summed E-state index contributed by atoms with van der Waals surface area (Å²) < 4.78 is 21.9. The molecule has 2 aliphatic rings. The van der Waals surface area contributed by atoms with Crippen LogP contribution in [-0.4, -0.2) is 49.6 Å². The van der Waals surface area contributed by atoms with Crippen LogP contribution in [0.2, 0.25) is 0 Å². The lowest BCUT2D eigenvalue weighted by atomic mass is 9.77. The van der Waals surface area contributed by atoms with Gasteiger partial charge in [-0.15, -0.1) is 0 Å². The normalized spacial score (nSPS) is 15.5. The Bertz CT molecular complexity index is 899. The van der Waals surface area contributed by atoms with E-state index in [2.05, 4.69) is 0 Å². The lowest BCUT2D eigenvalue weighted by Gasteiger charge is -2.21. The predicted molar refractivity (Wildman–Crippen MR) is 91.7 cm³/mol. The van der Waals surface area contributed by atoms with E-state index in [0.717, 1.165) is 0 Å². The van der Waals surface area contributed by atoms with Gasteiger partial charge in [0.2, 0.25) is 0 Å². The van der Waals surface area contributed by atoms with Gasteiger partial charge in [0, 0.05) is 23.3 Å². The zero-order valence-electron chi connectivity index (χ0n) is 14.6. The first-order valence-electron chi connectivity index (χ1n) is 8.08. The molecule has 140 valence electrons. The van der Waals surface area contributed by atoms with Crippen molar-refractivity contribution < 1.29 is 38.7 Å². The van der Waals surface area contributed by atoms with E-state index in [0.29, 0.717) is 22.6 Å². The highest BCUT2D eigenvalue weighted by molar-refractivity contribution is 5.93. The van der Waals surface area contributed by atoms with E-state index in [1.165, 1.54) is 38.5 Å². The second-order valence-electron chi connectivity index (χ2n) is 6.37. The molecule has 1 spiro atoms. The summed E-state index contributed by atoms with van der Waals surface area (Å²) in [4.78, 5) is 23.2. The Morgan fingerprint density at radius 3 is 1.59 bits per heavy atom. The van der Waals surface area contributed by atoms with Gasteiger partial charge in [-0.1, -0.05) is 0 Å². The molecule has 2 aromatic rings. The van der Waals surface area contributed by atoms with Crippen molar-refractivity contribution in [2.24, 2.45) is 0 Å². The van der Waals surface area contributed by atoms with E-state index < -0.39 is 17.4 Å². The Balaban J connectivity index is 1.93. The van der Waals surface area contributed by atoms with Crippen molar-refractivity contribution in [2.75, 3.05) is 27.4 Å². The van der Waals surface area contributed by atoms with Crippen LogP contribution in [0.3, 0.4) is 0 Å². The largest absolute Gasteiger partial charge is 0.496 e. The number of hydrogen-bond acceptors (Lipinski definition) is 6. The number of carboxylic acid groups (broad SMARTS) is 2. The number of carbonyl (C=O) groups is 2. The Hall–Kier alpha value is -3.42. The molecule has 0 fully saturated rings. The summed E-state index contributed by atoms with van der Waals surface area (Å²) in [6, 6.07) is 6.08. The van der Waals surface area contributed by atoms with Crippen molar-refractivity contribution in [1.82, 2.24) is 0 Å². The molecular weight excluding hydrogens is 356 g/mol. The third-order valence-corrected chi connectivity index (χ3v) is 5.04. The summed E-state index contributed by atoms with van der Waals surface area (Å²) in [6.45, 7) is 0.403. The molecule has 2 aromatic carbocycles. The molecule has 27 heavy (non-hydrogen) atoms. The molecule has 0 aromatic heterocycles. The number of ether oxygens (including phenoxy) is 4. The maximum absolute atomic E-state index is 11.6. The molecule has 2 N–H and O–H groups in total. The molecule has 0 atom stereocenters. The van der Waals surface area contributed by atoms with E-state index in [9.17, 15) is 19.8 Å². The van der Waals surface area contributed by atoms with Gasteiger partial charge in [0.1, 0.15) is 47.3 Å². The quantitative estimate of drug-likeness (QED) is 0.840. The van der Waals surface area contributed by atoms with Gasteiger partial charge in [-0.2, -0.15) is 0 Å². The maximum Gasteiger partial charge on any atom is 0.339 e. The SMILES string of the molecule is COc1cc2c(cc1C(=O)O)C1(CO2)COc2cc(OC)c(C(=O)O)cc21. The minimum Gasteiger partial charge on any atom is -0.496 e. The summed E-state index contributed by atoms with van der Waals surface area (Å²) in [5.41, 5.74) is 0.461. The molecule has 8 heteroatoms. The minimum atomic E-state index is -1.13. The molecule has 0 unspecified atom stereocenters. The summed E-state index contributed by atoms with van der Waals surface area (Å²) in [6.07, 6.45) is 0. The van der Waals surface area contributed by atoms with E-state index in [4.69, 9.17) is 18.9 Å². The van der Waals surface area contributed by atoms with Crippen molar-refractivity contribution in [3.05, 3.63) is 46.5 Å². The Labute approximate surface area is 153 Å². The average Bonchev–Trinajstić information content (AvgIpc) is 3.21. The van der Waals surface area contributed by atoms with E-state index >= 15 is 0 Å². The predicted octanol–water partition coefficient (Wildman–Crippen LogP) is 2.17. The van der Waals surface area contributed by atoms with Crippen LogP contribution in [0.25, 0.3) is 0 Å². The Morgan fingerprint density at radius 1 is 0.852 bits per heavy atom. The van der Waals surface area contributed by atoms with Gasteiger partial charge in [0.05, 0.1) is 19.6 Å². The van der Waals surface area contributed by atoms with E-state index in [1.807, 2.05) is 0 Å². The zero-order valence-corrected chi connectivity index (χ0v) is 14.6. The first kappa shape index (κ1) is 17.0. The fourth-order valence-corrected chi connectivity index (χ4v) is 3.68. The number of hydrogen-bond donors (Lipinski definition) is 2. The molecule has 2 heterocycles. The smallest absolute Gasteiger partial charge is 0.339 e. The van der Waals surface area contributed by atoms with Gasteiger partial charge < -0.3 is 29.2 Å². The standard InChI is InChI=1S/C19H16O8/c1-24-13-5-15-11(3-9(13)17(20)21)19(7-26-15)8-27-16-6-14(25-2)10(18(22)23)4-12(16)19/h3-6H,7-8H2,1-2H3,(H,20,21)(H,22,23). The maximum atomic E-state index is 11.6. The molecule has 4 rings (SSSR count). The first-order valence-corrected chi connectivity index (χ1v) is 8.08. The molecular formula is C19H16O8. The topological polar surface area (TPSA) is 112 Å². The third kappa shape index (κ3) is 2.29. The van der Waals surface area contributed by atoms with Crippen LogP contribution in [-0.2, 0) is 5.41 Å². The van der Waals surface area contributed by atoms with Gasteiger partial charge in [-0.25, -0.2) is 9.59 Å². The molecule has 0 saturated carbocycles. The summed E-state index contributed by atoms with van der Waals surface area (Å²) in [7, 11) is 2.77. The fraction of sp³-hybridized carbons (Fsp3) is 0.263. The number of fused-ring (bicyclic) bond motifs is 4. The van der Waals surface area contributed by atoms with Gasteiger partial charge in [0.25, 0.3) is 0 Å².